The average Bonchev–Trinajstić information content (AvgIpc) is 3.52. The fraction of sp³-hybridized carbons (Fsp3) is 0.385. The lowest BCUT2D eigenvalue weighted by Gasteiger charge is -2.56. The Labute approximate surface area is 204 Å². The zero-order valence-electron chi connectivity index (χ0n) is 20.0. The number of anilines is 1. The fourth-order valence-corrected chi connectivity index (χ4v) is 5.44. The number of piperidine rings is 1. The molecule has 0 aromatic carbocycles. The summed E-state index contributed by atoms with van der Waals surface area (Å²) in [6, 6.07) is 9.73. The number of hydrogen-bond donors (Lipinski definition) is 0. The second kappa shape index (κ2) is 8.80. The molecule has 4 aromatic rings. The van der Waals surface area contributed by atoms with Crippen LogP contribution in [0.2, 0.25) is 0 Å². The van der Waals surface area contributed by atoms with Crippen molar-refractivity contribution >= 4 is 11.3 Å². The quantitative estimate of drug-likeness (QED) is 0.385. The van der Waals surface area contributed by atoms with Gasteiger partial charge in [-0.1, -0.05) is 0 Å². The second-order valence-corrected chi connectivity index (χ2v) is 9.30. The predicted molar refractivity (Wildman–Crippen MR) is 133 cm³/mol. The van der Waals surface area contributed by atoms with Crippen molar-refractivity contribution in [3.05, 3.63) is 54.7 Å². The Bertz CT molecular complexity index is 1390. The van der Waals surface area contributed by atoms with Gasteiger partial charge in [-0.25, -0.2) is 9.50 Å². The maximum atomic E-state index is 9.67. The van der Waals surface area contributed by atoms with Crippen LogP contribution in [0, 0.1) is 11.3 Å². The SMILES string of the molecule is CCOCCN1C2CC1CN(c1ccc(-c3cc(-c4cnn(C)c4)cn4ncc(C#N)c34)cn1)C2. The van der Waals surface area contributed by atoms with Gasteiger partial charge in [0.2, 0.25) is 0 Å². The van der Waals surface area contributed by atoms with Gasteiger partial charge in [0.25, 0.3) is 0 Å². The summed E-state index contributed by atoms with van der Waals surface area (Å²) in [5.41, 5.74) is 5.21. The second-order valence-electron chi connectivity index (χ2n) is 9.30. The van der Waals surface area contributed by atoms with Crippen molar-refractivity contribution in [3.63, 3.8) is 0 Å². The molecule has 0 N–H and O–H groups in total. The van der Waals surface area contributed by atoms with Gasteiger partial charge in [0.15, 0.2) is 0 Å². The smallest absolute Gasteiger partial charge is 0.128 e. The van der Waals surface area contributed by atoms with Crippen molar-refractivity contribution in [2.75, 3.05) is 37.7 Å². The molecule has 7 heterocycles. The molecule has 2 atom stereocenters. The first-order chi connectivity index (χ1) is 17.1. The fourth-order valence-electron chi connectivity index (χ4n) is 5.44. The summed E-state index contributed by atoms with van der Waals surface area (Å²) < 4.78 is 9.11. The number of hydrogen-bond acceptors (Lipinski definition) is 7. The van der Waals surface area contributed by atoms with E-state index in [0.29, 0.717) is 17.6 Å². The number of rotatable bonds is 7. The monoisotopic (exact) mass is 468 g/mol. The van der Waals surface area contributed by atoms with E-state index in [2.05, 4.69) is 44.3 Å². The average molecular weight is 469 g/mol. The Kier molecular flexibility index (Phi) is 5.47. The molecule has 0 aliphatic carbocycles. The minimum Gasteiger partial charge on any atom is -0.380 e. The first kappa shape index (κ1) is 21.8. The molecule has 9 nitrogen and oxygen atoms in total. The molecule has 2 bridgehead atoms. The van der Waals surface area contributed by atoms with Gasteiger partial charge in [0.05, 0.1) is 30.1 Å². The van der Waals surface area contributed by atoms with Gasteiger partial charge in [-0.15, -0.1) is 0 Å². The molecule has 3 aliphatic rings. The normalized spacial score (nSPS) is 19.6. The largest absolute Gasteiger partial charge is 0.380 e. The lowest BCUT2D eigenvalue weighted by Crippen LogP contribution is -2.69. The first-order valence-corrected chi connectivity index (χ1v) is 12.1. The summed E-state index contributed by atoms with van der Waals surface area (Å²) in [5, 5.41) is 18.4. The van der Waals surface area contributed by atoms with Crippen LogP contribution in [0.1, 0.15) is 18.9 Å². The van der Waals surface area contributed by atoms with E-state index in [-0.39, 0.29) is 0 Å². The maximum absolute atomic E-state index is 9.67. The number of piperazine rings is 1. The summed E-state index contributed by atoms with van der Waals surface area (Å²) in [6.45, 7) is 6.63. The number of ether oxygens (including phenoxy) is 1. The lowest BCUT2D eigenvalue weighted by molar-refractivity contribution is -0.0223. The molecule has 178 valence electrons. The minimum absolute atomic E-state index is 0.546. The highest BCUT2D eigenvalue weighted by Gasteiger charge is 2.44. The molecular weight excluding hydrogens is 440 g/mol. The van der Waals surface area contributed by atoms with E-state index in [4.69, 9.17) is 9.72 Å². The van der Waals surface area contributed by atoms with Gasteiger partial charge in [-0.2, -0.15) is 15.5 Å². The zero-order chi connectivity index (χ0) is 23.9. The van der Waals surface area contributed by atoms with Crippen molar-refractivity contribution in [1.82, 2.24) is 29.3 Å². The highest BCUT2D eigenvalue weighted by atomic mass is 16.5. The number of pyridine rings is 2. The van der Waals surface area contributed by atoms with Crippen molar-refractivity contribution in [1.29, 1.82) is 5.26 Å². The Morgan fingerprint density at radius 2 is 1.91 bits per heavy atom. The van der Waals surface area contributed by atoms with Crippen LogP contribution in [0.3, 0.4) is 0 Å². The van der Waals surface area contributed by atoms with E-state index in [1.807, 2.05) is 38.8 Å². The molecule has 3 fully saturated rings. The Morgan fingerprint density at radius 1 is 1.06 bits per heavy atom. The summed E-state index contributed by atoms with van der Waals surface area (Å²) in [7, 11) is 1.90. The summed E-state index contributed by atoms with van der Waals surface area (Å²) >= 11 is 0. The van der Waals surface area contributed by atoms with Gasteiger partial charge in [-0.3, -0.25) is 9.58 Å². The van der Waals surface area contributed by atoms with Crippen LogP contribution in [-0.2, 0) is 11.8 Å². The number of aromatic nitrogens is 5. The molecule has 7 rings (SSSR count). The van der Waals surface area contributed by atoms with Crippen LogP contribution in [-0.4, -0.2) is 74.2 Å². The molecule has 0 radical (unpaired) electrons. The standard InChI is InChI=1S/C26H28N8O/c1-3-35-7-6-33-22-9-23(33)17-32(16-22)25-5-4-18(11-28-25)24-8-19(21-13-29-31(2)14-21)15-34-26(24)20(10-27)12-30-34/h4-5,8,11-15,22-23H,3,6-7,9,16-17H2,1-2H3. The zero-order valence-corrected chi connectivity index (χ0v) is 20.0. The Morgan fingerprint density at radius 3 is 2.60 bits per heavy atom. The maximum Gasteiger partial charge on any atom is 0.128 e. The topological polar surface area (TPSA) is 87.5 Å². The lowest BCUT2D eigenvalue weighted by atomic mass is 9.87. The number of aryl methyl sites for hydroxylation is 1. The molecule has 2 unspecified atom stereocenters. The number of nitrogens with zero attached hydrogens (tertiary/aromatic N) is 8. The van der Waals surface area contributed by atoms with Crippen LogP contribution in [0.25, 0.3) is 27.8 Å². The predicted octanol–water partition coefficient (Wildman–Crippen LogP) is 2.97. The van der Waals surface area contributed by atoms with Gasteiger partial charge < -0.3 is 9.64 Å². The van der Waals surface area contributed by atoms with Gasteiger partial charge >= 0.3 is 0 Å². The molecule has 3 saturated heterocycles. The van der Waals surface area contributed by atoms with E-state index in [0.717, 1.165) is 66.4 Å². The van der Waals surface area contributed by atoms with Crippen molar-refractivity contribution in [2.45, 2.75) is 25.4 Å². The third-order valence-electron chi connectivity index (χ3n) is 7.20. The summed E-state index contributed by atoms with van der Waals surface area (Å²) in [5.74, 6) is 1.00. The minimum atomic E-state index is 0.546. The molecule has 0 saturated carbocycles. The third-order valence-corrected chi connectivity index (χ3v) is 7.20. The molecule has 3 aliphatic heterocycles. The van der Waals surface area contributed by atoms with Crippen molar-refractivity contribution in [3.8, 4) is 28.3 Å². The van der Waals surface area contributed by atoms with Gasteiger partial charge in [0.1, 0.15) is 11.9 Å². The van der Waals surface area contributed by atoms with Crippen LogP contribution in [0.5, 0.6) is 0 Å². The number of nitriles is 1. The molecule has 0 amide bonds. The molecule has 4 aromatic heterocycles. The molecular formula is C26H28N8O. The van der Waals surface area contributed by atoms with Crippen LogP contribution >= 0.6 is 0 Å². The van der Waals surface area contributed by atoms with E-state index in [9.17, 15) is 5.26 Å². The van der Waals surface area contributed by atoms with Crippen molar-refractivity contribution < 1.29 is 4.74 Å². The van der Waals surface area contributed by atoms with Crippen molar-refractivity contribution in [2.24, 2.45) is 7.05 Å². The highest BCUT2D eigenvalue weighted by molar-refractivity contribution is 5.87. The van der Waals surface area contributed by atoms with E-state index < -0.39 is 0 Å². The molecule has 0 spiro atoms. The first-order valence-electron chi connectivity index (χ1n) is 12.1. The Balaban J connectivity index is 1.28. The van der Waals surface area contributed by atoms with Crippen LogP contribution < -0.4 is 4.90 Å². The van der Waals surface area contributed by atoms with Crippen LogP contribution in [0.15, 0.2) is 49.2 Å². The van der Waals surface area contributed by atoms with E-state index in [1.165, 1.54) is 6.42 Å². The van der Waals surface area contributed by atoms with Gasteiger partial charge in [-0.05, 0) is 31.5 Å². The van der Waals surface area contributed by atoms with Crippen LogP contribution in [0.4, 0.5) is 5.82 Å². The Hall–Kier alpha value is -3.74. The molecule has 35 heavy (non-hydrogen) atoms. The molecule has 9 heteroatoms. The summed E-state index contributed by atoms with van der Waals surface area (Å²) in [4.78, 5) is 9.80. The van der Waals surface area contributed by atoms with E-state index in [1.54, 1.807) is 15.4 Å². The van der Waals surface area contributed by atoms with Gasteiger partial charge in [0, 0.05) is 86.2 Å². The van der Waals surface area contributed by atoms with E-state index >= 15 is 0 Å². The summed E-state index contributed by atoms with van der Waals surface area (Å²) in [6.07, 6.45) is 10.5. The third kappa shape index (κ3) is 3.85. The number of fused-ring (bicyclic) bond motifs is 3. The highest BCUT2D eigenvalue weighted by Crippen LogP contribution is 2.35.